The molecule has 6 nitrogen and oxygen atoms in total. The number of methoxy groups -OCH3 is 1. The van der Waals surface area contributed by atoms with E-state index in [1.165, 1.54) is 25.3 Å². The Morgan fingerprint density at radius 2 is 1.77 bits per heavy atom. The normalized spacial score (nSPS) is 11.2. The van der Waals surface area contributed by atoms with Crippen molar-refractivity contribution < 1.29 is 17.9 Å². The molecule has 0 radical (unpaired) electrons. The van der Waals surface area contributed by atoms with Gasteiger partial charge in [0.1, 0.15) is 5.75 Å². The molecule has 31 heavy (non-hydrogen) atoms. The van der Waals surface area contributed by atoms with Gasteiger partial charge in [-0.05, 0) is 54.4 Å². The second kappa shape index (κ2) is 9.70. The zero-order valence-corrected chi connectivity index (χ0v) is 19.1. The molecule has 0 spiro atoms. The van der Waals surface area contributed by atoms with Crippen molar-refractivity contribution in [2.45, 2.75) is 18.4 Å². The average Bonchev–Trinajstić information content (AvgIpc) is 2.73. The van der Waals surface area contributed by atoms with Crippen molar-refractivity contribution in [3.63, 3.8) is 0 Å². The Bertz CT molecular complexity index is 1230. The van der Waals surface area contributed by atoms with Gasteiger partial charge in [-0.2, -0.15) is 0 Å². The monoisotopic (exact) mass is 478 g/mol. The van der Waals surface area contributed by atoms with E-state index >= 15 is 0 Å². The molecule has 162 valence electrons. The van der Waals surface area contributed by atoms with Gasteiger partial charge in [0.05, 0.1) is 17.7 Å². The van der Waals surface area contributed by atoms with E-state index in [-0.39, 0.29) is 23.0 Å². The van der Waals surface area contributed by atoms with Crippen molar-refractivity contribution in [3.8, 4) is 5.75 Å². The fourth-order valence-corrected chi connectivity index (χ4v) is 4.40. The van der Waals surface area contributed by atoms with Crippen LogP contribution in [0.15, 0.2) is 65.6 Å². The number of hydrogen-bond donors (Lipinski definition) is 2. The molecule has 0 bridgehead atoms. The number of anilines is 1. The van der Waals surface area contributed by atoms with Gasteiger partial charge in [0.15, 0.2) is 0 Å². The van der Waals surface area contributed by atoms with E-state index in [9.17, 15) is 13.2 Å². The summed E-state index contributed by atoms with van der Waals surface area (Å²) in [5, 5.41) is 3.54. The van der Waals surface area contributed by atoms with Crippen molar-refractivity contribution >= 4 is 44.8 Å². The summed E-state index contributed by atoms with van der Waals surface area (Å²) >= 11 is 12.0. The largest absolute Gasteiger partial charge is 0.495 e. The van der Waals surface area contributed by atoms with Crippen molar-refractivity contribution in [1.82, 2.24) is 4.72 Å². The maximum Gasteiger partial charge on any atom is 0.256 e. The van der Waals surface area contributed by atoms with Gasteiger partial charge in [-0.1, -0.05) is 47.5 Å². The Kier molecular flexibility index (Phi) is 7.23. The van der Waals surface area contributed by atoms with E-state index in [2.05, 4.69) is 10.0 Å². The first kappa shape index (κ1) is 23.1. The van der Waals surface area contributed by atoms with Gasteiger partial charge >= 0.3 is 0 Å². The molecule has 3 aromatic rings. The summed E-state index contributed by atoms with van der Waals surface area (Å²) in [6.45, 7) is 1.80. The molecule has 9 heteroatoms. The third-order valence-electron chi connectivity index (χ3n) is 4.59. The van der Waals surface area contributed by atoms with Gasteiger partial charge in [0, 0.05) is 22.2 Å². The molecule has 2 N–H and O–H groups in total. The summed E-state index contributed by atoms with van der Waals surface area (Å²) in [5.74, 6) is -0.0338. The van der Waals surface area contributed by atoms with E-state index in [4.69, 9.17) is 27.9 Å². The molecule has 0 atom stereocenters. The fourth-order valence-electron chi connectivity index (χ4n) is 2.89. The van der Waals surface area contributed by atoms with Crippen molar-refractivity contribution in [2.75, 3.05) is 12.4 Å². The summed E-state index contributed by atoms with van der Waals surface area (Å²) in [7, 11) is -2.45. The molecule has 0 aliphatic carbocycles. The molecule has 0 saturated carbocycles. The molecule has 0 unspecified atom stereocenters. The summed E-state index contributed by atoms with van der Waals surface area (Å²) in [6.07, 6.45) is 0. The number of carbonyl (C=O) groups is 1. The molecular formula is C22H20Cl2N2O4S. The predicted molar refractivity (Wildman–Crippen MR) is 123 cm³/mol. The van der Waals surface area contributed by atoms with Crippen LogP contribution in [0.1, 0.15) is 21.5 Å². The first-order valence-electron chi connectivity index (χ1n) is 9.20. The lowest BCUT2D eigenvalue weighted by atomic mass is 10.1. The third kappa shape index (κ3) is 5.57. The Labute approximate surface area is 191 Å². The smallest absolute Gasteiger partial charge is 0.256 e. The Balaban J connectivity index is 1.84. The number of nitrogens with one attached hydrogen (secondary N) is 2. The summed E-state index contributed by atoms with van der Waals surface area (Å²) < 4.78 is 33.4. The molecule has 3 rings (SSSR count). The highest BCUT2D eigenvalue weighted by atomic mass is 35.5. The minimum Gasteiger partial charge on any atom is -0.495 e. The number of carbonyl (C=O) groups excluding carboxylic acids is 1. The lowest BCUT2D eigenvalue weighted by molar-refractivity contribution is 0.102. The van der Waals surface area contributed by atoms with E-state index in [1.807, 2.05) is 19.1 Å². The van der Waals surface area contributed by atoms with Gasteiger partial charge in [-0.25, -0.2) is 13.1 Å². The van der Waals surface area contributed by atoms with Crippen molar-refractivity contribution in [1.29, 1.82) is 0 Å². The van der Waals surface area contributed by atoms with Crippen LogP contribution >= 0.6 is 23.2 Å². The Morgan fingerprint density at radius 1 is 1.03 bits per heavy atom. The van der Waals surface area contributed by atoms with Gasteiger partial charge in [-0.3, -0.25) is 4.79 Å². The number of hydrogen-bond acceptors (Lipinski definition) is 4. The van der Waals surface area contributed by atoms with Gasteiger partial charge in [-0.15, -0.1) is 0 Å². The molecule has 0 heterocycles. The zero-order chi connectivity index (χ0) is 22.6. The second-order valence-electron chi connectivity index (χ2n) is 6.69. The molecular weight excluding hydrogens is 459 g/mol. The van der Waals surface area contributed by atoms with Crippen molar-refractivity contribution in [2.24, 2.45) is 0 Å². The average molecular weight is 479 g/mol. The predicted octanol–water partition coefficient (Wildman–Crippen LogP) is 5.04. The minimum absolute atomic E-state index is 0.0186. The summed E-state index contributed by atoms with van der Waals surface area (Å²) in [6, 6.07) is 16.1. The quantitative estimate of drug-likeness (QED) is 0.497. The first-order chi connectivity index (χ1) is 14.7. The van der Waals surface area contributed by atoms with Crippen LogP contribution in [0.2, 0.25) is 10.0 Å². The second-order valence-corrected chi connectivity index (χ2v) is 9.30. The molecule has 0 aliphatic heterocycles. The highest BCUT2D eigenvalue weighted by molar-refractivity contribution is 7.89. The zero-order valence-electron chi connectivity index (χ0n) is 16.8. The number of benzene rings is 3. The van der Waals surface area contributed by atoms with Gasteiger partial charge in [0.2, 0.25) is 10.0 Å². The van der Waals surface area contributed by atoms with Crippen LogP contribution in [0, 0.1) is 6.92 Å². The maximum absolute atomic E-state index is 12.8. The Hall–Kier alpha value is -2.58. The molecule has 0 fully saturated rings. The highest BCUT2D eigenvalue weighted by Crippen LogP contribution is 2.29. The van der Waals surface area contributed by atoms with Crippen molar-refractivity contribution in [3.05, 3.63) is 87.4 Å². The van der Waals surface area contributed by atoms with Crippen LogP contribution in [0.4, 0.5) is 5.69 Å². The van der Waals surface area contributed by atoms with E-state index < -0.39 is 10.0 Å². The topological polar surface area (TPSA) is 84.5 Å². The molecule has 0 aliphatic rings. The van der Waals surface area contributed by atoms with Crippen LogP contribution in [0.5, 0.6) is 5.75 Å². The van der Waals surface area contributed by atoms with E-state index in [0.29, 0.717) is 26.9 Å². The minimum atomic E-state index is -3.89. The maximum atomic E-state index is 12.8. The Morgan fingerprint density at radius 3 is 2.45 bits per heavy atom. The first-order valence-corrected chi connectivity index (χ1v) is 11.4. The van der Waals surface area contributed by atoms with Gasteiger partial charge < -0.3 is 10.1 Å². The number of ether oxygens (including phenoxy) is 1. The highest BCUT2D eigenvalue weighted by Gasteiger charge is 2.19. The number of halogens is 2. The van der Waals surface area contributed by atoms with Crippen LogP contribution in [0.3, 0.4) is 0 Å². The fraction of sp³-hybridized carbons (Fsp3) is 0.136. The number of amides is 1. The van der Waals surface area contributed by atoms with Crippen LogP contribution < -0.4 is 14.8 Å². The van der Waals surface area contributed by atoms with E-state index in [0.717, 1.165) is 5.56 Å². The standard InChI is InChI=1S/C22H20Cl2N2O4S/c1-14-5-3-4-6-18(14)22(27)26-20-12-17(9-10-21(20)30-2)31(28,29)25-13-15-7-8-16(23)11-19(15)24/h3-12,25H,13H2,1-2H3,(H,26,27). The van der Waals surface area contributed by atoms with E-state index in [1.54, 1.807) is 30.3 Å². The number of aryl methyl sites for hydroxylation is 1. The summed E-state index contributed by atoms with van der Waals surface area (Å²) in [5.41, 5.74) is 2.09. The third-order valence-corrected chi connectivity index (χ3v) is 6.57. The summed E-state index contributed by atoms with van der Waals surface area (Å²) in [4.78, 5) is 12.7. The number of sulfonamides is 1. The molecule has 0 saturated heterocycles. The lowest BCUT2D eigenvalue weighted by Crippen LogP contribution is -2.23. The molecule has 0 aromatic heterocycles. The lowest BCUT2D eigenvalue weighted by Gasteiger charge is -2.14. The van der Waals surface area contributed by atoms with Crippen LogP contribution in [0.25, 0.3) is 0 Å². The number of rotatable bonds is 7. The van der Waals surface area contributed by atoms with Crippen LogP contribution in [-0.4, -0.2) is 21.4 Å². The SMILES string of the molecule is COc1ccc(S(=O)(=O)NCc2ccc(Cl)cc2Cl)cc1NC(=O)c1ccccc1C. The molecule has 1 amide bonds. The molecule has 3 aromatic carbocycles. The van der Waals surface area contributed by atoms with Crippen LogP contribution in [-0.2, 0) is 16.6 Å². The van der Waals surface area contributed by atoms with Gasteiger partial charge in [0.25, 0.3) is 5.91 Å².